The summed E-state index contributed by atoms with van der Waals surface area (Å²) in [4.78, 5) is 47.1. The van der Waals surface area contributed by atoms with Gasteiger partial charge >= 0.3 is 5.97 Å². The molecule has 17 heteroatoms. The maximum atomic E-state index is 13.7. The first-order valence-corrected chi connectivity index (χ1v) is 23.3. The van der Waals surface area contributed by atoms with E-state index in [0.29, 0.717) is 60.4 Å². The van der Waals surface area contributed by atoms with E-state index in [1.807, 2.05) is 116 Å². The van der Waals surface area contributed by atoms with Gasteiger partial charge in [-0.15, -0.1) is 5.10 Å². The van der Waals surface area contributed by atoms with E-state index in [2.05, 4.69) is 62.4 Å². The number of benzene rings is 5. The SMILES string of the molecule is CCCc1nc(CNc2c(C)cc(Oc3ccc4nc(COc5ccc(CC6SC(=O)NC6=O)cc5)n(C)c4c3)cc2C)c(C(=O)OCC)n1Cc1ccc(-c2ccccc2-c2nnn[nH]2)cc1. The average molecular weight is 931 g/mol. The second-order valence-corrected chi connectivity index (χ2v) is 17.7. The van der Waals surface area contributed by atoms with Crippen molar-refractivity contribution in [3.63, 3.8) is 0 Å². The highest BCUT2D eigenvalue weighted by atomic mass is 32.2. The van der Waals surface area contributed by atoms with Gasteiger partial charge in [-0.1, -0.05) is 79.3 Å². The van der Waals surface area contributed by atoms with Gasteiger partial charge in [0.25, 0.3) is 5.24 Å². The Labute approximate surface area is 396 Å². The molecule has 4 heterocycles. The summed E-state index contributed by atoms with van der Waals surface area (Å²) in [5.41, 5.74) is 10.5. The molecule has 1 unspecified atom stereocenters. The highest BCUT2D eigenvalue weighted by Gasteiger charge is 2.31. The molecule has 2 amide bonds. The van der Waals surface area contributed by atoms with E-state index in [1.165, 1.54) is 0 Å². The van der Waals surface area contributed by atoms with Crippen molar-refractivity contribution in [3.8, 4) is 39.8 Å². The monoisotopic (exact) mass is 930 g/mol. The van der Waals surface area contributed by atoms with Crippen LogP contribution in [0.1, 0.15) is 70.4 Å². The van der Waals surface area contributed by atoms with Crippen LogP contribution < -0.4 is 20.1 Å². The number of imide groups is 1. The van der Waals surface area contributed by atoms with E-state index >= 15 is 0 Å². The van der Waals surface area contributed by atoms with Gasteiger partial charge in [0.2, 0.25) is 5.91 Å². The molecule has 1 aliphatic rings. The lowest BCUT2D eigenvalue weighted by molar-refractivity contribution is -0.118. The minimum absolute atomic E-state index is 0.240. The number of hydrogen-bond donors (Lipinski definition) is 3. The third-order valence-corrected chi connectivity index (χ3v) is 12.8. The van der Waals surface area contributed by atoms with E-state index in [1.54, 1.807) is 0 Å². The number of fused-ring (bicyclic) bond motifs is 1. The van der Waals surface area contributed by atoms with Crippen molar-refractivity contribution in [1.82, 2.24) is 45.0 Å². The first-order valence-electron chi connectivity index (χ1n) is 22.4. The lowest BCUT2D eigenvalue weighted by Gasteiger charge is -2.16. The van der Waals surface area contributed by atoms with Crippen LogP contribution in [0.5, 0.6) is 17.2 Å². The lowest BCUT2D eigenvalue weighted by Crippen LogP contribution is -2.25. The molecule has 9 rings (SSSR count). The number of aryl methyl sites for hydroxylation is 4. The van der Waals surface area contributed by atoms with Crippen LogP contribution in [0.4, 0.5) is 10.5 Å². The van der Waals surface area contributed by atoms with E-state index in [0.717, 1.165) is 85.5 Å². The molecule has 3 aromatic heterocycles. The van der Waals surface area contributed by atoms with Gasteiger partial charge in [-0.2, -0.15) is 0 Å². The Morgan fingerprint density at radius 1 is 0.838 bits per heavy atom. The van der Waals surface area contributed by atoms with Gasteiger partial charge in [0.1, 0.15) is 35.5 Å². The van der Waals surface area contributed by atoms with E-state index in [4.69, 9.17) is 24.2 Å². The number of tetrazole rings is 1. The van der Waals surface area contributed by atoms with Gasteiger partial charge in [-0.25, -0.2) is 19.9 Å². The quantitative estimate of drug-likeness (QED) is 0.0690. The number of imidazole rings is 2. The van der Waals surface area contributed by atoms with E-state index in [9.17, 15) is 14.4 Å². The third kappa shape index (κ3) is 9.83. The Kier molecular flexibility index (Phi) is 13.3. The second kappa shape index (κ2) is 20.0. The van der Waals surface area contributed by atoms with Crippen LogP contribution in [0.2, 0.25) is 0 Å². The van der Waals surface area contributed by atoms with Crippen molar-refractivity contribution in [2.75, 3.05) is 11.9 Å². The molecule has 68 heavy (non-hydrogen) atoms. The summed E-state index contributed by atoms with van der Waals surface area (Å²) in [6.07, 6.45) is 2.01. The van der Waals surface area contributed by atoms with Crippen molar-refractivity contribution in [1.29, 1.82) is 0 Å². The highest BCUT2D eigenvalue weighted by Crippen LogP contribution is 2.34. The number of rotatable bonds is 18. The predicted octanol–water partition coefficient (Wildman–Crippen LogP) is 9.29. The number of ether oxygens (including phenoxy) is 3. The molecule has 16 nitrogen and oxygen atoms in total. The number of nitrogens with zero attached hydrogens (tertiary/aromatic N) is 7. The number of H-pyrrole nitrogens is 1. The molecule has 8 aromatic rings. The van der Waals surface area contributed by atoms with Crippen molar-refractivity contribution >= 4 is 45.6 Å². The highest BCUT2D eigenvalue weighted by molar-refractivity contribution is 8.15. The second-order valence-electron chi connectivity index (χ2n) is 16.5. The number of thioether (sulfide) groups is 1. The fourth-order valence-corrected chi connectivity index (χ4v) is 9.33. The Morgan fingerprint density at radius 2 is 1.57 bits per heavy atom. The molecule has 1 saturated heterocycles. The number of esters is 1. The van der Waals surface area contributed by atoms with Crippen LogP contribution >= 0.6 is 11.8 Å². The van der Waals surface area contributed by atoms with E-state index in [-0.39, 0.29) is 24.4 Å². The Balaban J connectivity index is 0.875. The molecule has 0 spiro atoms. The van der Waals surface area contributed by atoms with Crippen LogP contribution in [0.3, 0.4) is 0 Å². The van der Waals surface area contributed by atoms with Gasteiger partial charge in [0, 0.05) is 37.3 Å². The predicted molar refractivity (Wildman–Crippen MR) is 260 cm³/mol. The molecular weight excluding hydrogens is 881 g/mol. The summed E-state index contributed by atoms with van der Waals surface area (Å²) in [6.45, 7) is 9.21. The van der Waals surface area contributed by atoms with Gasteiger partial charge in [-0.05, 0) is 114 Å². The van der Waals surface area contributed by atoms with Crippen LogP contribution in [0.15, 0.2) is 103 Å². The number of aromatic nitrogens is 8. The van der Waals surface area contributed by atoms with Gasteiger partial charge < -0.3 is 28.7 Å². The maximum absolute atomic E-state index is 13.7. The summed E-state index contributed by atoms with van der Waals surface area (Å²) in [7, 11) is 1.95. The minimum Gasteiger partial charge on any atom is -0.486 e. The number of amides is 2. The Morgan fingerprint density at radius 3 is 2.26 bits per heavy atom. The zero-order valence-corrected chi connectivity index (χ0v) is 39.1. The zero-order chi connectivity index (χ0) is 47.3. The Bertz CT molecular complexity index is 3110. The molecule has 1 atom stereocenters. The molecule has 0 radical (unpaired) electrons. The van der Waals surface area contributed by atoms with Crippen molar-refractivity contribution < 1.29 is 28.6 Å². The molecule has 5 aromatic carbocycles. The largest absolute Gasteiger partial charge is 0.486 e. The zero-order valence-electron chi connectivity index (χ0n) is 38.3. The molecule has 0 aliphatic carbocycles. The number of carbonyl (C=O) groups excluding carboxylic acids is 3. The summed E-state index contributed by atoms with van der Waals surface area (Å²) < 4.78 is 22.1. The molecule has 0 bridgehead atoms. The fourth-order valence-electron chi connectivity index (χ4n) is 8.47. The minimum atomic E-state index is -0.418. The summed E-state index contributed by atoms with van der Waals surface area (Å²) in [5, 5.41) is 19.7. The molecule has 346 valence electrons. The molecule has 1 aliphatic heterocycles. The average Bonchev–Trinajstić information content (AvgIpc) is 4.13. The third-order valence-electron chi connectivity index (χ3n) is 11.8. The number of anilines is 1. The summed E-state index contributed by atoms with van der Waals surface area (Å²) in [6, 6.07) is 33.6. The molecule has 1 fully saturated rings. The van der Waals surface area contributed by atoms with Crippen molar-refractivity contribution in [2.24, 2.45) is 7.05 Å². The van der Waals surface area contributed by atoms with Crippen LogP contribution in [0, 0.1) is 13.8 Å². The standard InChI is InChI=1S/C51H50N10O6S/c1-6-10-44-54-41(47(50(63)65-7-2)61(44)28-33-13-17-34(18-14-33)38-11-8-9-12-39(38)48-56-58-59-57-48)27-52-46-30(3)23-37(24-31(46)4)67-36-21-22-40-42(26-36)60(5)45(53-40)29-66-35-19-15-32(16-20-35)25-43-49(62)55-51(64)68-43/h8-9,11-24,26,43,52H,6-7,10,25,27-29H2,1-5H3,(H,55,62,64)(H,56,57,58,59). The number of carbonyl (C=O) groups is 3. The number of aromatic amines is 1. The maximum Gasteiger partial charge on any atom is 0.356 e. The first-order chi connectivity index (χ1) is 33.0. The molecule has 0 saturated carbocycles. The lowest BCUT2D eigenvalue weighted by atomic mass is 9.98. The number of hydrogen-bond acceptors (Lipinski definition) is 13. The van der Waals surface area contributed by atoms with Gasteiger partial charge in [0.05, 0.1) is 35.1 Å². The van der Waals surface area contributed by atoms with Gasteiger partial charge in [0.15, 0.2) is 11.5 Å². The van der Waals surface area contributed by atoms with Crippen molar-refractivity contribution in [3.05, 3.63) is 148 Å². The van der Waals surface area contributed by atoms with Crippen molar-refractivity contribution in [2.45, 2.75) is 71.9 Å². The normalized spacial score (nSPS) is 13.5. The smallest absolute Gasteiger partial charge is 0.356 e. The molecule has 3 N–H and O–H groups in total. The van der Waals surface area contributed by atoms with E-state index < -0.39 is 11.2 Å². The van der Waals surface area contributed by atoms with Crippen LogP contribution in [0.25, 0.3) is 33.5 Å². The number of nitrogens with one attached hydrogen (secondary N) is 3. The van der Waals surface area contributed by atoms with Crippen LogP contribution in [-0.2, 0) is 49.1 Å². The summed E-state index contributed by atoms with van der Waals surface area (Å²) in [5.74, 6) is 3.51. The first kappa shape index (κ1) is 45.4. The Hall–Kier alpha value is -7.79. The fraction of sp³-hybridized carbons (Fsp3) is 0.255. The van der Waals surface area contributed by atoms with Gasteiger partial charge in [-0.3, -0.25) is 14.9 Å². The van der Waals surface area contributed by atoms with Crippen LogP contribution in [-0.4, -0.2) is 68.7 Å². The molecular formula is C51H50N10O6S. The summed E-state index contributed by atoms with van der Waals surface area (Å²) >= 11 is 1.02. The topological polar surface area (TPSA) is 193 Å².